The molecule has 0 radical (unpaired) electrons. The van der Waals surface area contributed by atoms with Crippen LogP contribution < -0.4 is 4.90 Å². The molecule has 0 spiro atoms. The zero-order chi connectivity index (χ0) is 27.9. The Balaban J connectivity index is 2.22. The van der Waals surface area contributed by atoms with Gasteiger partial charge in [0, 0.05) is 12.0 Å². The van der Waals surface area contributed by atoms with Crippen LogP contribution in [0.25, 0.3) is 0 Å². The highest BCUT2D eigenvalue weighted by Gasteiger charge is 2.44. The highest BCUT2D eigenvalue weighted by molar-refractivity contribution is 5.90. The van der Waals surface area contributed by atoms with Gasteiger partial charge >= 0.3 is 24.6 Å². The number of hydrogen-bond acceptors (Lipinski definition) is 2. The fourth-order valence-corrected chi connectivity index (χ4v) is 4.41. The molecular formula is C24H21F10NO2. The van der Waals surface area contributed by atoms with Crippen molar-refractivity contribution in [2.75, 3.05) is 11.5 Å². The predicted octanol–water partition coefficient (Wildman–Crippen LogP) is 8.68. The van der Waals surface area contributed by atoms with E-state index in [0.29, 0.717) is 12.1 Å². The van der Waals surface area contributed by atoms with Crippen LogP contribution in [-0.2, 0) is 23.3 Å². The van der Waals surface area contributed by atoms with E-state index in [2.05, 4.69) is 0 Å². The summed E-state index contributed by atoms with van der Waals surface area (Å²) < 4.78 is 141. The first-order valence-corrected chi connectivity index (χ1v) is 11.1. The first kappa shape index (κ1) is 28.6. The molecule has 1 amide bonds. The number of amides is 1. The Morgan fingerprint density at radius 1 is 0.892 bits per heavy atom. The van der Waals surface area contributed by atoms with Crippen LogP contribution >= 0.6 is 0 Å². The van der Waals surface area contributed by atoms with E-state index in [1.165, 1.54) is 6.92 Å². The molecule has 204 valence electrons. The Bertz CT molecular complexity index is 1110. The summed E-state index contributed by atoms with van der Waals surface area (Å²) in [6.07, 6.45) is -19.1. The number of benzene rings is 2. The van der Waals surface area contributed by atoms with Crippen molar-refractivity contribution in [1.82, 2.24) is 0 Å². The molecule has 0 unspecified atom stereocenters. The van der Waals surface area contributed by atoms with E-state index in [1.807, 2.05) is 0 Å². The van der Waals surface area contributed by atoms with E-state index >= 15 is 4.39 Å². The molecule has 0 saturated carbocycles. The molecule has 0 bridgehead atoms. The third kappa shape index (κ3) is 5.96. The van der Waals surface area contributed by atoms with Gasteiger partial charge in [0.05, 0.1) is 29.0 Å². The minimum atomic E-state index is -5.24. The second-order valence-electron chi connectivity index (χ2n) is 8.49. The molecule has 0 N–H and O–H groups in total. The molecule has 0 saturated heterocycles. The van der Waals surface area contributed by atoms with Gasteiger partial charge in [-0.3, -0.25) is 4.90 Å². The van der Waals surface area contributed by atoms with Crippen molar-refractivity contribution in [2.45, 2.75) is 63.3 Å². The molecule has 3 nitrogen and oxygen atoms in total. The van der Waals surface area contributed by atoms with Crippen molar-refractivity contribution in [1.29, 1.82) is 0 Å². The van der Waals surface area contributed by atoms with Crippen molar-refractivity contribution in [2.24, 2.45) is 0 Å². The van der Waals surface area contributed by atoms with E-state index in [0.717, 1.165) is 11.0 Å². The lowest BCUT2D eigenvalue weighted by molar-refractivity contribution is -0.143. The van der Waals surface area contributed by atoms with Gasteiger partial charge in [0.15, 0.2) is 0 Å². The lowest BCUT2D eigenvalue weighted by Gasteiger charge is -2.41. The molecule has 1 aliphatic rings. The Morgan fingerprint density at radius 2 is 1.43 bits per heavy atom. The average molecular weight is 545 g/mol. The monoisotopic (exact) mass is 545 g/mol. The number of hydrogen-bond donors (Lipinski definition) is 0. The molecule has 3 rings (SSSR count). The van der Waals surface area contributed by atoms with E-state index in [-0.39, 0.29) is 48.9 Å². The number of halogens is 10. The van der Waals surface area contributed by atoms with Crippen LogP contribution in [0, 0.1) is 0 Å². The second-order valence-corrected chi connectivity index (χ2v) is 8.49. The van der Waals surface area contributed by atoms with Gasteiger partial charge in [-0.15, -0.1) is 0 Å². The predicted molar refractivity (Wildman–Crippen MR) is 113 cm³/mol. The van der Waals surface area contributed by atoms with Crippen LogP contribution in [0.3, 0.4) is 0 Å². The lowest BCUT2D eigenvalue weighted by atomic mass is 9.79. The number of alkyl halides is 10. The summed E-state index contributed by atoms with van der Waals surface area (Å²) in [4.78, 5) is 13.6. The Kier molecular flexibility index (Phi) is 7.76. The standard InChI is InChI=1S/C24H21F10NO2/c1-3-16-11-18(20(25)12-7-14(23(29,30)31)9-15(8-12)24(32,33)34)17-10-13(22(26,27)28)5-6-19(17)35(16)21(36)37-4-2/h5-10,16,18,20H,3-4,11H2,1-2H3/t16-,18+,20+/m1/s1. The largest absolute Gasteiger partial charge is 0.449 e. The quantitative estimate of drug-likeness (QED) is 0.360. The van der Waals surface area contributed by atoms with Crippen LogP contribution in [0.4, 0.5) is 54.4 Å². The number of ether oxygens (including phenoxy) is 1. The van der Waals surface area contributed by atoms with Gasteiger partial charge in [-0.1, -0.05) is 6.92 Å². The smallest absolute Gasteiger partial charge is 0.416 e. The van der Waals surface area contributed by atoms with Crippen LogP contribution in [0.5, 0.6) is 0 Å². The van der Waals surface area contributed by atoms with Gasteiger partial charge in [0.25, 0.3) is 0 Å². The summed E-state index contributed by atoms with van der Waals surface area (Å²) in [6.45, 7) is 2.99. The van der Waals surface area contributed by atoms with Crippen molar-refractivity contribution < 1.29 is 53.4 Å². The van der Waals surface area contributed by atoms with Crippen LogP contribution in [0.15, 0.2) is 36.4 Å². The highest BCUT2D eigenvalue weighted by atomic mass is 19.4. The van der Waals surface area contributed by atoms with Gasteiger partial charge < -0.3 is 4.74 Å². The first-order chi connectivity index (χ1) is 17.0. The van der Waals surface area contributed by atoms with Crippen LogP contribution in [0.1, 0.15) is 66.6 Å². The summed E-state index contributed by atoms with van der Waals surface area (Å²) >= 11 is 0. The molecule has 1 heterocycles. The summed E-state index contributed by atoms with van der Waals surface area (Å²) in [7, 11) is 0. The fraction of sp³-hybridized carbons (Fsp3) is 0.458. The Hall–Kier alpha value is -2.99. The van der Waals surface area contributed by atoms with Gasteiger partial charge in [-0.25, -0.2) is 9.18 Å². The summed E-state index contributed by atoms with van der Waals surface area (Å²) in [5, 5.41) is 0. The number of nitrogens with zero attached hydrogens (tertiary/aromatic N) is 1. The SMILES string of the molecule is CCOC(=O)N1c2ccc(C(F)(F)F)cc2[C@@H]([C@@H](F)c2cc(C(F)(F)F)cc(C(F)(F)F)c2)C[C@H]1CC. The van der Waals surface area contributed by atoms with E-state index in [4.69, 9.17) is 4.74 Å². The average Bonchev–Trinajstić information content (AvgIpc) is 2.80. The number of anilines is 1. The number of carbonyl (C=O) groups excluding carboxylic acids is 1. The Morgan fingerprint density at radius 3 is 1.89 bits per heavy atom. The summed E-state index contributed by atoms with van der Waals surface area (Å²) in [6, 6.07) is 1.55. The maximum atomic E-state index is 15.9. The zero-order valence-electron chi connectivity index (χ0n) is 19.4. The second kappa shape index (κ2) is 10.1. The molecule has 13 heteroatoms. The minimum Gasteiger partial charge on any atom is -0.449 e. The Labute approximate surface area is 205 Å². The zero-order valence-corrected chi connectivity index (χ0v) is 19.4. The van der Waals surface area contributed by atoms with E-state index in [1.54, 1.807) is 6.92 Å². The third-order valence-electron chi connectivity index (χ3n) is 6.12. The third-order valence-corrected chi connectivity index (χ3v) is 6.12. The molecule has 1 aliphatic heterocycles. The molecule has 0 aromatic heterocycles. The number of carbonyl (C=O) groups is 1. The summed E-state index contributed by atoms with van der Waals surface area (Å²) in [5.74, 6) is -1.59. The number of rotatable bonds is 4. The molecule has 37 heavy (non-hydrogen) atoms. The maximum Gasteiger partial charge on any atom is 0.416 e. The van der Waals surface area contributed by atoms with Gasteiger partial charge in [0.1, 0.15) is 6.17 Å². The molecule has 0 aliphatic carbocycles. The van der Waals surface area contributed by atoms with Gasteiger partial charge in [-0.2, -0.15) is 39.5 Å². The summed E-state index contributed by atoms with van der Waals surface area (Å²) in [5.41, 5.74) is -6.26. The normalized spacial score (nSPS) is 19.4. The molecule has 2 aromatic rings. The topological polar surface area (TPSA) is 29.5 Å². The molecule has 0 fully saturated rings. The lowest BCUT2D eigenvalue weighted by Crippen LogP contribution is -2.45. The molecule has 3 atom stereocenters. The number of fused-ring (bicyclic) bond motifs is 1. The van der Waals surface area contributed by atoms with Gasteiger partial charge in [-0.05, 0) is 67.3 Å². The van der Waals surface area contributed by atoms with Crippen molar-refractivity contribution in [3.05, 3.63) is 64.2 Å². The fourth-order valence-electron chi connectivity index (χ4n) is 4.41. The van der Waals surface area contributed by atoms with Crippen LogP contribution in [0.2, 0.25) is 0 Å². The molecule has 2 aromatic carbocycles. The minimum absolute atomic E-state index is 0.0820. The van der Waals surface area contributed by atoms with Crippen molar-refractivity contribution >= 4 is 11.8 Å². The van der Waals surface area contributed by atoms with Crippen LogP contribution in [-0.4, -0.2) is 18.7 Å². The van der Waals surface area contributed by atoms with E-state index < -0.39 is 65.0 Å². The van der Waals surface area contributed by atoms with Crippen molar-refractivity contribution in [3.8, 4) is 0 Å². The first-order valence-electron chi connectivity index (χ1n) is 11.1. The molecular weight excluding hydrogens is 524 g/mol. The van der Waals surface area contributed by atoms with Crippen molar-refractivity contribution in [3.63, 3.8) is 0 Å². The van der Waals surface area contributed by atoms with E-state index in [9.17, 15) is 44.3 Å². The maximum absolute atomic E-state index is 15.9. The van der Waals surface area contributed by atoms with Gasteiger partial charge in [0.2, 0.25) is 0 Å². The highest BCUT2D eigenvalue weighted by Crippen LogP contribution is 2.50.